The van der Waals surface area contributed by atoms with Crippen molar-refractivity contribution in [2.24, 2.45) is 11.3 Å². The summed E-state index contributed by atoms with van der Waals surface area (Å²) >= 11 is 0. The van der Waals surface area contributed by atoms with Gasteiger partial charge in [0, 0.05) is 39.6 Å². The second-order valence-corrected chi connectivity index (χ2v) is 15.1. The Kier molecular flexibility index (Phi) is 12.1. The van der Waals surface area contributed by atoms with Crippen molar-refractivity contribution in [3.63, 3.8) is 0 Å². The Balaban J connectivity index is 1.67. The number of carboxylic acid groups (broad SMARTS) is 1. The Bertz CT molecular complexity index is 1440. The fourth-order valence-corrected chi connectivity index (χ4v) is 7.88. The molecule has 2 aromatic rings. The van der Waals surface area contributed by atoms with Gasteiger partial charge in [-0.3, -0.25) is 4.90 Å². The van der Waals surface area contributed by atoms with Gasteiger partial charge in [-0.1, -0.05) is 44.2 Å². The van der Waals surface area contributed by atoms with Crippen LogP contribution in [0, 0.1) is 11.3 Å². The van der Waals surface area contributed by atoms with Gasteiger partial charge in [0.2, 0.25) is 10.0 Å². The summed E-state index contributed by atoms with van der Waals surface area (Å²) in [6, 6.07) is 13.4. The minimum absolute atomic E-state index is 0.00653. The number of sulfonamides is 1. The highest BCUT2D eigenvalue weighted by molar-refractivity contribution is 7.89. The fourth-order valence-electron chi connectivity index (χ4n) is 6.23. The molecule has 3 N–H and O–H groups in total. The van der Waals surface area contributed by atoms with Crippen LogP contribution in [-0.4, -0.2) is 123 Å². The van der Waals surface area contributed by atoms with Crippen molar-refractivity contribution >= 4 is 22.1 Å². The van der Waals surface area contributed by atoms with Crippen molar-refractivity contribution in [3.8, 4) is 5.75 Å². The van der Waals surface area contributed by atoms with Gasteiger partial charge in [-0.25, -0.2) is 18.0 Å². The maximum Gasteiger partial charge on any atom is 0.407 e. The molecule has 2 aromatic carbocycles. The molecular weight excluding hydrogens is 628 g/mol. The second kappa shape index (κ2) is 15.6. The summed E-state index contributed by atoms with van der Waals surface area (Å²) < 4.78 is 46.4. The SMILES string of the molecule is COc1ccc(S(=O)(=O)N(C[C@@H](O)[C@H](Cc2ccccc2)N(C(=O)O)[C@H]2CO[C@H]3OCC[C@H]32)CC(C)(C)CCNC(=O)N(C)C)cc1. The van der Waals surface area contributed by atoms with Gasteiger partial charge in [-0.15, -0.1) is 0 Å². The molecule has 0 aliphatic carbocycles. The van der Waals surface area contributed by atoms with Crippen LogP contribution in [0.2, 0.25) is 0 Å². The third-order valence-corrected chi connectivity index (χ3v) is 10.7. The Morgan fingerprint density at radius 3 is 2.38 bits per heavy atom. The molecule has 14 heteroatoms. The minimum atomic E-state index is -4.18. The number of fused-ring (bicyclic) bond motifs is 1. The van der Waals surface area contributed by atoms with Crippen LogP contribution in [-0.2, 0) is 25.9 Å². The molecule has 2 saturated heterocycles. The number of rotatable bonds is 15. The lowest BCUT2D eigenvalue weighted by Crippen LogP contribution is -2.58. The zero-order valence-electron chi connectivity index (χ0n) is 27.7. The molecule has 0 unspecified atom stereocenters. The maximum atomic E-state index is 14.2. The average Bonchev–Trinajstić information content (AvgIpc) is 3.65. The smallest absolute Gasteiger partial charge is 0.407 e. The number of aliphatic hydroxyl groups excluding tert-OH is 1. The number of hydrogen-bond donors (Lipinski definition) is 3. The summed E-state index contributed by atoms with van der Waals surface area (Å²) in [7, 11) is 0.571. The van der Waals surface area contributed by atoms with Crippen molar-refractivity contribution < 1.29 is 42.4 Å². The molecule has 260 valence electrons. The van der Waals surface area contributed by atoms with Gasteiger partial charge in [-0.05, 0) is 54.5 Å². The molecule has 0 aromatic heterocycles. The van der Waals surface area contributed by atoms with Crippen LogP contribution in [0.15, 0.2) is 59.5 Å². The van der Waals surface area contributed by atoms with Gasteiger partial charge in [0.15, 0.2) is 6.29 Å². The van der Waals surface area contributed by atoms with Crippen molar-refractivity contribution in [1.82, 2.24) is 19.4 Å². The number of methoxy groups -OCH3 is 1. The fraction of sp³-hybridized carbons (Fsp3) is 0.576. The van der Waals surface area contributed by atoms with E-state index in [1.54, 1.807) is 26.2 Å². The molecule has 0 spiro atoms. The monoisotopic (exact) mass is 676 g/mol. The van der Waals surface area contributed by atoms with Crippen molar-refractivity contribution in [3.05, 3.63) is 60.2 Å². The number of amides is 3. The van der Waals surface area contributed by atoms with Gasteiger partial charge >= 0.3 is 12.1 Å². The molecule has 2 aliphatic heterocycles. The third kappa shape index (κ3) is 9.14. The summed E-state index contributed by atoms with van der Waals surface area (Å²) in [4.78, 5) is 27.7. The summed E-state index contributed by atoms with van der Waals surface area (Å²) in [6.45, 7) is 4.26. The van der Waals surface area contributed by atoms with Crippen LogP contribution in [0.1, 0.15) is 32.3 Å². The molecule has 13 nitrogen and oxygen atoms in total. The number of benzene rings is 2. The first kappa shape index (κ1) is 36.4. The van der Waals surface area contributed by atoms with Crippen molar-refractivity contribution in [2.75, 3.05) is 54.1 Å². The first-order chi connectivity index (χ1) is 22.2. The van der Waals surface area contributed by atoms with E-state index in [0.717, 1.165) is 5.56 Å². The number of hydrogen-bond acceptors (Lipinski definition) is 8. The molecule has 4 rings (SSSR count). The zero-order valence-corrected chi connectivity index (χ0v) is 28.6. The number of urea groups is 1. The van der Waals surface area contributed by atoms with Crippen LogP contribution in [0.3, 0.4) is 0 Å². The van der Waals surface area contributed by atoms with E-state index in [2.05, 4.69) is 5.32 Å². The van der Waals surface area contributed by atoms with E-state index < -0.39 is 46.0 Å². The van der Waals surface area contributed by atoms with Gasteiger partial charge in [0.25, 0.3) is 0 Å². The summed E-state index contributed by atoms with van der Waals surface area (Å²) in [5.74, 6) is 0.285. The van der Waals surface area contributed by atoms with Crippen LogP contribution in [0.5, 0.6) is 5.75 Å². The normalized spacial score (nSPS) is 20.8. The highest BCUT2D eigenvalue weighted by Crippen LogP contribution is 2.36. The first-order valence-corrected chi connectivity index (χ1v) is 17.2. The van der Waals surface area contributed by atoms with E-state index in [4.69, 9.17) is 14.2 Å². The summed E-state index contributed by atoms with van der Waals surface area (Å²) in [5.41, 5.74) is 0.149. The predicted octanol–water partition coefficient (Wildman–Crippen LogP) is 3.09. The standard InChI is InChI=1S/C33H48N4O9S/c1-33(2,16-17-34-31(39)35(3)4)22-36(47(42,43)25-13-11-24(44-5)12-14-25)20-29(38)27(19-23-9-7-6-8-10-23)37(32(40)41)28-21-46-30-26(28)15-18-45-30/h6-14,26-30,38H,15-22H2,1-5H3,(H,34,39)(H,40,41)/t26-,27-,28-,29+,30+/m0/s1. The van der Waals surface area contributed by atoms with Crippen molar-refractivity contribution in [1.29, 1.82) is 0 Å². The number of nitrogens with zero attached hydrogens (tertiary/aromatic N) is 3. The molecule has 3 amide bonds. The Labute approximate surface area is 277 Å². The van der Waals surface area contributed by atoms with Crippen LogP contribution in [0.4, 0.5) is 9.59 Å². The van der Waals surface area contributed by atoms with Crippen LogP contribution in [0.25, 0.3) is 0 Å². The Hall–Kier alpha value is -3.43. The lowest BCUT2D eigenvalue weighted by Gasteiger charge is -2.40. The average molecular weight is 677 g/mol. The quantitative estimate of drug-likeness (QED) is 0.258. The van der Waals surface area contributed by atoms with Gasteiger partial charge in [0.05, 0.1) is 43.4 Å². The maximum absolute atomic E-state index is 14.2. The lowest BCUT2D eigenvalue weighted by molar-refractivity contribution is -0.0906. The van der Waals surface area contributed by atoms with E-state index in [1.165, 1.54) is 33.3 Å². The molecule has 5 atom stereocenters. The first-order valence-electron chi connectivity index (χ1n) is 15.8. The number of ether oxygens (including phenoxy) is 3. The highest BCUT2D eigenvalue weighted by Gasteiger charge is 2.49. The molecule has 2 fully saturated rings. The predicted molar refractivity (Wildman–Crippen MR) is 175 cm³/mol. The number of nitrogens with one attached hydrogen (secondary N) is 1. The molecule has 47 heavy (non-hydrogen) atoms. The molecule has 0 bridgehead atoms. The molecule has 2 aliphatic rings. The number of carbonyl (C=O) groups excluding carboxylic acids is 1. The van der Waals surface area contributed by atoms with E-state index in [1.807, 2.05) is 44.2 Å². The molecule has 0 radical (unpaired) electrons. The van der Waals surface area contributed by atoms with E-state index in [9.17, 15) is 28.2 Å². The highest BCUT2D eigenvalue weighted by atomic mass is 32.2. The van der Waals surface area contributed by atoms with E-state index in [-0.39, 0.29) is 43.0 Å². The summed E-state index contributed by atoms with van der Waals surface area (Å²) in [5, 5.41) is 25.4. The Morgan fingerprint density at radius 2 is 1.77 bits per heavy atom. The lowest BCUT2D eigenvalue weighted by atomic mass is 9.89. The van der Waals surface area contributed by atoms with Gasteiger partial charge in [0.1, 0.15) is 5.75 Å². The van der Waals surface area contributed by atoms with Crippen molar-refractivity contribution in [2.45, 2.75) is 62.5 Å². The molecule has 2 heterocycles. The van der Waals surface area contributed by atoms with E-state index in [0.29, 0.717) is 31.7 Å². The summed E-state index contributed by atoms with van der Waals surface area (Å²) in [6.07, 6.45) is -1.95. The van der Waals surface area contributed by atoms with Crippen LogP contribution < -0.4 is 10.1 Å². The molecular formula is C33H48N4O9S. The largest absolute Gasteiger partial charge is 0.497 e. The topological polar surface area (TPSA) is 158 Å². The van der Waals surface area contributed by atoms with E-state index >= 15 is 0 Å². The molecule has 0 saturated carbocycles. The van der Waals surface area contributed by atoms with Crippen LogP contribution >= 0.6 is 0 Å². The third-order valence-electron chi connectivity index (χ3n) is 8.85. The second-order valence-electron chi connectivity index (χ2n) is 13.1. The number of aliphatic hydroxyl groups is 1. The zero-order chi connectivity index (χ0) is 34.4. The number of carbonyl (C=O) groups is 2. The van der Waals surface area contributed by atoms with Gasteiger partial charge < -0.3 is 34.6 Å². The Morgan fingerprint density at radius 1 is 1.09 bits per heavy atom. The van der Waals surface area contributed by atoms with Gasteiger partial charge in [-0.2, -0.15) is 4.31 Å². The minimum Gasteiger partial charge on any atom is -0.497 e.